The number of rotatable bonds is 6. The highest BCUT2D eigenvalue weighted by molar-refractivity contribution is 5.08. The Morgan fingerprint density at radius 3 is 2.53 bits per heavy atom. The number of hydrogen-bond donors (Lipinski definition) is 1. The van der Waals surface area contributed by atoms with Crippen molar-refractivity contribution in [3.05, 3.63) is 24.3 Å². The summed E-state index contributed by atoms with van der Waals surface area (Å²) in [7, 11) is 3.69. The maximum atomic E-state index is 5.22. The van der Waals surface area contributed by atoms with E-state index in [2.05, 4.69) is 22.2 Å². The number of hydrogen-bond acceptors (Lipinski definition) is 4. The first-order valence-electron chi connectivity index (χ1n) is 5.23. The Balaban J connectivity index is 2.50. The molecule has 2 atom stereocenters. The highest BCUT2D eigenvalue weighted by Crippen LogP contribution is 2.17. The van der Waals surface area contributed by atoms with Gasteiger partial charge in [0.25, 0.3) is 0 Å². The van der Waals surface area contributed by atoms with Crippen LogP contribution in [0.2, 0.25) is 0 Å². The first kappa shape index (κ1) is 12.1. The van der Waals surface area contributed by atoms with Crippen LogP contribution in [0, 0.1) is 0 Å². The van der Waals surface area contributed by atoms with Gasteiger partial charge in [-0.1, -0.05) is 0 Å². The van der Waals surface area contributed by atoms with Crippen LogP contribution in [-0.4, -0.2) is 30.2 Å². The molecule has 0 fully saturated rings. The molecule has 0 aliphatic rings. The van der Waals surface area contributed by atoms with E-state index in [1.807, 2.05) is 19.4 Å². The molecule has 1 heterocycles. The zero-order valence-corrected chi connectivity index (χ0v) is 9.60. The van der Waals surface area contributed by atoms with E-state index in [0.717, 1.165) is 18.4 Å². The summed E-state index contributed by atoms with van der Waals surface area (Å²) in [6, 6.07) is 0.309. The van der Waals surface area contributed by atoms with Crippen molar-refractivity contribution in [2.45, 2.75) is 31.9 Å². The van der Waals surface area contributed by atoms with Crippen LogP contribution in [0.4, 0.5) is 0 Å². The lowest BCUT2D eigenvalue weighted by Gasteiger charge is -2.17. The molecular weight excluding hydrogens is 190 g/mol. The molecule has 4 nitrogen and oxygen atoms in total. The third kappa shape index (κ3) is 3.93. The van der Waals surface area contributed by atoms with E-state index in [1.165, 1.54) is 0 Å². The molecule has 0 aromatic carbocycles. The van der Waals surface area contributed by atoms with Gasteiger partial charge in [-0.25, -0.2) is 9.97 Å². The van der Waals surface area contributed by atoms with Crippen molar-refractivity contribution < 1.29 is 4.74 Å². The largest absolute Gasteiger partial charge is 0.382 e. The SMILES string of the molecule is CNC(CCC(C)OC)c1cncnc1. The Bertz CT molecular complexity index is 266. The topological polar surface area (TPSA) is 47.0 Å². The average Bonchev–Trinajstić information content (AvgIpc) is 2.31. The fraction of sp³-hybridized carbons (Fsp3) is 0.636. The number of methoxy groups -OCH3 is 1. The highest BCUT2D eigenvalue weighted by atomic mass is 16.5. The van der Waals surface area contributed by atoms with Crippen molar-refractivity contribution in [2.24, 2.45) is 0 Å². The van der Waals surface area contributed by atoms with Gasteiger partial charge < -0.3 is 10.1 Å². The van der Waals surface area contributed by atoms with E-state index in [-0.39, 0.29) is 0 Å². The molecule has 0 spiro atoms. The Morgan fingerprint density at radius 1 is 1.33 bits per heavy atom. The summed E-state index contributed by atoms with van der Waals surface area (Å²) in [4.78, 5) is 8.04. The predicted molar refractivity (Wildman–Crippen MR) is 59.5 cm³/mol. The lowest BCUT2D eigenvalue weighted by Crippen LogP contribution is -2.19. The summed E-state index contributed by atoms with van der Waals surface area (Å²) in [6.45, 7) is 2.08. The first-order chi connectivity index (χ1) is 7.27. The lowest BCUT2D eigenvalue weighted by molar-refractivity contribution is 0.106. The molecule has 0 aliphatic carbocycles. The second-order valence-corrected chi connectivity index (χ2v) is 3.64. The van der Waals surface area contributed by atoms with E-state index in [1.54, 1.807) is 13.4 Å². The number of nitrogens with one attached hydrogen (secondary N) is 1. The fourth-order valence-electron chi connectivity index (χ4n) is 1.49. The summed E-state index contributed by atoms with van der Waals surface area (Å²) in [5.74, 6) is 0. The van der Waals surface area contributed by atoms with Crippen LogP contribution >= 0.6 is 0 Å². The van der Waals surface area contributed by atoms with Gasteiger partial charge in [0.2, 0.25) is 0 Å². The smallest absolute Gasteiger partial charge is 0.115 e. The van der Waals surface area contributed by atoms with Gasteiger partial charge in [-0.2, -0.15) is 0 Å². The van der Waals surface area contributed by atoms with Crippen LogP contribution in [0.3, 0.4) is 0 Å². The molecule has 2 unspecified atom stereocenters. The van der Waals surface area contributed by atoms with E-state index in [9.17, 15) is 0 Å². The number of ether oxygens (including phenoxy) is 1. The van der Waals surface area contributed by atoms with E-state index < -0.39 is 0 Å². The summed E-state index contributed by atoms with van der Waals surface area (Å²) < 4.78 is 5.22. The summed E-state index contributed by atoms with van der Waals surface area (Å²) in [5, 5.41) is 3.26. The maximum absolute atomic E-state index is 5.22. The van der Waals surface area contributed by atoms with Gasteiger partial charge in [0, 0.05) is 31.1 Å². The third-order valence-electron chi connectivity index (χ3n) is 2.60. The minimum absolute atomic E-state index is 0.297. The normalized spacial score (nSPS) is 14.9. The molecule has 0 saturated heterocycles. The van der Waals surface area contributed by atoms with Crippen molar-refractivity contribution in [3.63, 3.8) is 0 Å². The third-order valence-corrected chi connectivity index (χ3v) is 2.60. The summed E-state index contributed by atoms with van der Waals surface area (Å²) in [5.41, 5.74) is 1.13. The maximum Gasteiger partial charge on any atom is 0.115 e. The molecule has 15 heavy (non-hydrogen) atoms. The Kier molecular flexibility index (Phi) is 5.21. The molecule has 0 amide bonds. The second-order valence-electron chi connectivity index (χ2n) is 3.64. The standard InChI is InChI=1S/C11H19N3O/c1-9(15-3)4-5-11(12-2)10-6-13-8-14-7-10/h6-9,11-12H,4-5H2,1-3H3. The number of nitrogens with zero attached hydrogens (tertiary/aromatic N) is 2. The fourth-order valence-corrected chi connectivity index (χ4v) is 1.49. The van der Waals surface area contributed by atoms with Crippen LogP contribution in [0.1, 0.15) is 31.4 Å². The molecule has 0 saturated carbocycles. The van der Waals surface area contributed by atoms with Crippen LogP contribution in [-0.2, 0) is 4.74 Å². The highest BCUT2D eigenvalue weighted by Gasteiger charge is 2.11. The molecule has 4 heteroatoms. The number of aromatic nitrogens is 2. The van der Waals surface area contributed by atoms with Gasteiger partial charge in [0.15, 0.2) is 0 Å². The quantitative estimate of drug-likeness (QED) is 0.772. The van der Waals surface area contributed by atoms with Crippen molar-refractivity contribution in [2.75, 3.05) is 14.2 Å². The molecule has 1 N–H and O–H groups in total. The Morgan fingerprint density at radius 2 is 2.00 bits per heavy atom. The zero-order chi connectivity index (χ0) is 11.1. The van der Waals surface area contributed by atoms with Gasteiger partial charge >= 0.3 is 0 Å². The van der Waals surface area contributed by atoms with Crippen LogP contribution in [0.5, 0.6) is 0 Å². The van der Waals surface area contributed by atoms with E-state index >= 15 is 0 Å². The molecule has 0 aliphatic heterocycles. The van der Waals surface area contributed by atoms with Gasteiger partial charge in [-0.05, 0) is 26.8 Å². The molecule has 1 rings (SSSR count). The molecule has 0 bridgehead atoms. The van der Waals surface area contributed by atoms with Gasteiger partial charge in [0.05, 0.1) is 6.10 Å². The molecular formula is C11H19N3O. The minimum Gasteiger partial charge on any atom is -0.382 e. The van der Waals surface area contributed by atoms with Crippen LogP contribution in [0.15, 0.2) is 18.7 Å². The van der Waals surface area contributed by atoms with Crippen molar-refractivity contribution >= 4 is 0 Å². The van der Waals surface area contributed by atoms with Crippen molar-refractivity contribution in [1.82, 2.24) is 15.3 Å². The van der Waals surface area contributed by atoms with E-state index in [0.29, 0.717) is 12.1 Å². The van der Waals surface area contributed by atoms with Crippen LogP contribution < -0.4 is 5.32 Å². The molecule has 84 valence electrons. The average molecular weight is 209 g/mol. The lowest BCUT2D eigenvalue weighted by atomic mass is 10.0. The Labute approximate surface area is 91.1 Å². The second kappa shape index (κ2) is 6.48. The minimum atomic E-state index is 0.297. The summed E-state index contributed by atoms with van der Waals surface area (Å²) >= 11 is 0. The van der Waals surface area contributed by atoms with Crippen LogP contribution in [0.25, 0.3) is 0 Å². The molecule has 0 radical (unpaired) electrons. The van der Waals surface area contributed by atoms with Crippen molar-refractivity contribution in [3.8, 4) is 0 Å². The van der Waals surface area contributed by atoms with Gasteiger partial charge in [-0.3, -0.25) is 0 Å². The van der Waals surface area contributed by atoms with Gasteiger partial charge in [0.1, 0.15) is 6.33 Å². The first-order valence-corrected chi connectivity index (χ1v) is 5.23. The van der Waals surface area contributed by atoms with E-state index in [4.69, 9.17) is 4.74 Å². The molecule has 1 aromatic heterocycles. The zero-order valence-electron chi connectivity index (χ0n) is 9.60. The van der Waals surface area contributed by atoms with Gasteiger partial charge in [-0.15, -0.1) is 0 Å². The van der Waals surface area contributed by atoms with Crippen molar-refractivity contribution in [1.29, 1.82) is 0 Å². The molecule has 1 aromatic rings. The predicted octanol–water partition coefficient (Wildman–Crippen LogP) is 1.55. The monoisotopic (exact) mass is 209 g/mol. The summed E-state index contributed by atoms with van der Waals surface area (Å²) in [6.07, 6.45) is 7.60. The Hall–Kier alpha value is -1.00.